The molecule has 21 heavy (non-hydrogen) atoms. The fourth-order valence-corrected chi connectivity index (χ4v) is 3.98. The summed E-state index contributed by atoms with van der Waals surface area (Å²) >= 11 is 1.44. The Kier molecular flexibility index (Phi) is 8.38. The van der Waals surface area contributed by atoms with E-state index < -0.39 is 10.0 Å². The third-order valence-electron chi connectivity index (χ3n) is 2.85. The van der Waals surface area contributed by atoms with E-state index in [9.17, 15) is 8.42 Å². The molecule has 0 aliphatic carbocycles. The molecule has 1 aromatic rings. The fourth-order valence-electron chi connectivity index (χ4n) is 1.66. The molecule has 0 saturated carbocycles. The van der Waals surface area contributed by atoms with Gasteiger partial charge in [0.25, 0.3) is 0 Å². The van der Waals surface area contributed by atoms with E-state index in [0.717, 1.165) is 17.8 Å². The van der Waals surface area contributed by atoms with Crippen LogP contribution >= 0.6 is 11.3 Å². The Hall–Kier alpha value is -0.510. The lowest BCUT2D eigenvalue weighted by Gasteiger charge is -2.14. The number of hydrogen-bond acceptors (Lipinski definition) is 6. The van der Waals surface area contributed by atoms with Crippen LogP contribution in [0.4, 0.5) is 0 Å². The molecule has 0 fully saturated rings. The summed E-state index contributed by atoms with van der Waals surface area (Å²) < 4.78 is 37.0. The van der Waals surface area contributed by atoms with Crippen molar-refractivity contribution in [3.8, 4) is 0 Å². The molecule has 1 rings (SSSR count). The van der Waals surface area contributed by atoms with Gasteiger partial charge >= 0.3 is 0 Å². The quantitative estimate of drug-likeness (QED) is 0.594. The molecule has 0 spiro atoms. The summed E-state index contributed by atoms with van der Waals surface area (Å²) in [4.78, 5) is 1.30. The number of hydrogen-bond donors (Lipinski definition) is 2. The Morgan fingerprint density at radius 2 is 2.14 bits per heavy atom. The first-order valence-electron chi connectivity index (χ1n) is 6.83. The smallest absolute Gasteiger partial charge is 0.241 e. The predicted octanol–water partition coefficient (Wildman–Crippen LogP) is 1.19. The zero-order chi connectivity index (χ0) is 15.7. The van der Waals surface area contributed by atoms with Gasteiger partial charge in [-0.2, -0.15) is 0 Å². The van der Waals surface area contributed by atoms with Gasteiger partial charge in [0.2, 0.25) is 10.0 Å². The first-order valence-corrected chi connectivity index (χ1v) is 9.19. The van der Waals surface area contributed by atoms with Crippen molar-refractivity contribution in [3.63, 3.8) is 0 Å². The summed E-state index contributed by atoms with van der Waals surface area (Å²) in [6.45, 7) is 4.23. The minimum atomic E-state index is -3.50. The molecule has 1 aromatic heterocycles. The van der Waals surface area contributed by atoms with Crippen LogP contribution in [0.5, 0.6) is 0 Å². The minimum Gasteiger partial charge on any atom is -0.382 e. The predicted molar refractivity (Wildman–Crippen MR) is 84.2 cm³/mol. The van der Waals surface area contributed by atoms with Crippen molar-refractivity contribution in [2.75, 3.05) is 33.9 Å². The molecule has 0 aromatic carbocycles. The number of sulfonamides is 1. The molecule has 122 valence electrons. The molecule has 8 heteroatoms. The summed E-state index contributed by atoms with van der Waals surface area (Å²) in [5.41, 5.74) is 0. The van der Waals surface area contributed by atoms with Crippen LogP contribution in [0.25, 0.3) is 0 Å². The highest BCUT2D eigenvalue weighted by molar-refractivity contribution is 7.89. The molecule has 0 radical (unpaired) electrons. The van der Waals surface area contributed by atoms with Crippen LogP contribution in [0.3, 0.4) is 0 Å². The number of rotatable bonds is 11. The van der Waals surface area contributed by atoms with Crippen molar-refractivity contribution in [3.05, 3.63) is 16.3 Å². The van der Waals surface area contributed by atoms with Gasteiger partial charge in [-0.1, -0.05) is 6.92 Å². The van der Waals surface area contributed by atoms with Gasteiger partial charge in [0.05, 0.1) is 17.6 Å². The molecule has 0 bridgehead atoms. The van der Waals surface area contributed by atoms with Crippen LogP contribution in [0.15, 0.2) is 16.3 Å². The van der Waals surface area contributed by atoms with Crippen LogP contribution in [-0.4, -0.2) is 48.4 Å². The number of thiophene rings is 1. The van der Waals surface area contributed by atoms with E-state index >= 15 is 0 Å². The van der Waals surface area contributed by atoms with E-state index in [2.05, 4.69) is 17.0 Å². The Balaban J connectivity index is 2.57. The van der Waals surface area contributed by atoms with Crippen LogP contribution in [0, 0.1) is 0 Å². The zero-order valence-corrected chi connectivity index (χ0v) is 14.4. The molecule has 0 aliphatic heterocycles. The van der Waals surface area contributed by atoms with Crippen molar-refractivity contribution in [1.29, 1.82) is 0 Å². The Labute approximate surface area is 130 Å². The highest BCUT2D eigenvalue weighted by Crippen LogP contribution is 2.19. The second kappa shape index (κ2) is 9.50. The average molecular weight is 336 g/mol. The lowest BCUT2D eigenvalue weighted by molar-refractivity contribution is 0.0320. The topological polar surface area (TPSA) is 76.7 Å². The molecule has 1 heterocycles. The van der Waals surface area contributed by atoms with Crippen LogP contribution in [0.1, 0.15) is 18.2 Å². The van der Waals surface area contributed by atoms with Gasteiger partial charge in [-0.3, -0.25) is 0 Å². The largest absolute Gasteiger partial charge is 0.382 e. The third kappa shape index (κ3) is 6.41. The van der Waals surface area contributed by atoms with E-state index in [-0.39, 0.29) is 12.6 Å². The molecule has 1 unspecified atom stereocenters. The molecule has 0 aliphatic rings. The molecular weight excluding hydrogens is 312 g/mol. The number of ether oxygens (including phenoxy) is 2. The summed E-state index contributed by atoms with van der Waals surface area (Å²) in [5.74, 6) is 0. The standard InChI is InChI=1S/C13H24N2O4S2/c1-4-5-14-8-12-6-13(10-20-12)21(16,17)15-7-11(19-3)9-18-2/h6,10-11,14-15H,4-5,7-9H2,1-3H3. The van der Waals surface area contributed by atoms with E-state index in [1.165, 1.54) is 18.4 Å². The second-order valence-corrected chi connectivity index (χ2v) is 7.35. The van der Waals surface area contributed by atoms with Gasteiger partial charge in [0, 0.05) is 37.6 Å². The highest BCUT2D eigenvalue weighted by Gasteiger charge is 2.18. The van der Waals surface area contributed by atoms with Gasteiger partial charge in [-0.25, -0.2) is 13.1 Å². The maximum atomic E-state index is 12.2. The molecular formula is C13H24N2O4S2. The first-order chi connectivity index (χ1) is 10.0. The van der Waals surface area contributed by atoms with Crippen molar-refractivity contribution in [2.24, 2.45) is 0 Å². The SMILES string of the molecule is CCCNCc1cc(S(=O)(=O)NCC(COC)OC)cs1. The summed E-state index contributed by atoms with van der Waals surface area (Å²) in [6.07, 6.45) is 0.754. The first kappa shape index (κ1) is 18.5. The molecule has 6 nitrogen and oxygen atoms in total. The van der Waals surface area contributed by atoms with Gasteiger partial charge in [-0.05, 0) is 19.0 Å². The lowest BCUT2D eigenvalue weighted by Crippen LogP contribution is -2.35. The highest BCUT2D eigenvalue weighted by atomic mass is 32.2. The Bertz CT molecular complexity index is 502. The lowest BCUT2D eigenvalue weighted by atomic mass is 10.4. The minimum absolute atomic E-state index is 0.186. The van der Waals surface area contributed by atoms with Crippen LogP contribution in [-0.2, 0) is 26.0 Å². The summed E-state index contributed by atoms with van der Waals surface area (Å²) in [5, 5.41) is 4.91. The maximum Gasteiger partial charge on any atom is 0.241 e. The van der Waals surface area contributed by atoms with E-state index in [1.54, 1.807) is 18.6 Å². The summed E-state index contributed by atoms with van der Waals surface area (Å²) in [6, 6.07) is 1.70. The van der Waals surface area contributed by atoms with Crippen molar-refractivity contribution in [1.82, 2.24) is 10.0 Å². The van der Waals surface area contributed by atoms with Gasteiger partial charge < -0.3 is 14.8 Å². The maximum absolute atomic E-state index is 12.2. The molecule has 0 amide bonds. The van der Waals surface area contributed by atoms with E-state index in [0.29, 0.717) is 18.0 Å². The van der Waals surface area contributed by atoms with Gasteiger partial charge in [0.15, 0.2) is 0 Å². The number of nitrogens with one attached hydrogen (secondary N) is 2. The van der Waals surface area contributed by atoms with Gasteiger partial charge in [0.1, 0.15) is 0 Å². The Morgan fingerprint density at radius 1 is 1.38 bits per heavy atom. The second-order valence-electron chi connectivity index (χ2n) is 4.59. The Morgan fingerprint density at radius 3 is 2.76 bits per heavy atom. The third-order valence-corrected chi connectivity index (χ3v) is 5.34. The van der Waals surface area contributed by atoms with Crippen molar-refractivity contribution >= 4 is 21.4 Å². The van der Waals surface area contributed by atoms with Crippen molar-refractivity contribution in [2.45, 2.75) is 30.9 Å². The normalized spacial score (nSPS) is 13.5. The van der Waals surface area contributed by atoms with Crippen LogP contribution < -0.4 is 10.0 Å². The summed E-state index contributed by atoms with van der Waals surface area (Å²) in [7, 11) is -0.418. The molecule has 0 saturated heterocycles. The van der Waals surface area contributed by atoms with E-state index in [4.69, 9.17) is 9.47 Å². The van der Waals surface area contributed by atoms with Crippen LogP contribution in [0.2, 0.25) is 0 Å². The monoisotopic (exact) mass is 336 g/mol. The van der Waals surface area contributed by atoms with Crippen molar-refractivity contribution < 1.29 is 17.9 Å². The van der Waals surface area contributed by atoms with Gasteiger partial charge in [-0.15, -0.1) is 11.3 Å². The fraction of sp³-hybridized carbons (Fsp3) is 0.692. The zero-order valence-electron chi connectivity index (χ0n) is 12.7. The average Bonchev–Trinajstić information content (AvgIpc) is 2.93. The molecule has 1 atom stereocenters. The van der Waals surface area contributed by atoms with E-state index in [1.807, 2.05) is 0 Å². The molecule has 2 N–H and O–H groups in total. The number of methoxy groups -OCH3 is 2.